The highest BCUT2D eigenvalue weighted by Gasteiger charge is 2.31. The number of nitrogens with zero attached hydrogens (tertiary/aromatic N) is 1. The van der Waals surface area contributed by atoms with Crippen molar-refractivity contribution in [2.24, 2.45) is 5.92 Å². The molecule has 1 aliphatic rings. The second-order valence-corrected chi connectivity index (χ2v) is 5.45. The molecule has 1 aromatic rings. The third-order valence-corrected chi connectivity index (χ3v) is 3.85. The van der Waals surface area contributed by atoms with Gasteiger partial charge in [0.25, 0.3) is 5.91 Å². The molecule has 0 bridgehead atoms. The molecule has 1 fully saturated rings. The Morgan fingerprint density at radius 2 is 2.12 bits per heavy atom. The van der Waals surface area contributed by atoms with Gasteiger partial charge in [-0.25, -0.2) is 0 Å². The molecule has 2 nitrogen and oxygen atoms in total. The fourth-order valence-electron chi connectivity index (χ4n) is 2.55. The number of rotatable bonds is 2. The number of hydrogen-bond acceptors (Lipinski definition) is 2. The van der Waals surface area contributed by atoms with Crippen molar-refractivity contribution in [3.05, 3.63) is 29.8 Å². The average molecular weight is 249 g/mol. The van der Waals surface area contributed by atoms with Gasteiger partial charge in [0.15, 0.2) is 0 Å². The maximum atomic E-state index is 12.5. The van der Waals surface area contributed by atoms with Gasteiger partial charge in [-0.3, -0.25) is 4.79 Å². The van der Waals surface area contributed by atoms with E-state index in [0.717, 1.165) is 29.8 Å². The second-order valence-electron chi connectivity index (χ2n) is 4.97. The van der Waals surface area contributed by atoms with Gasteiger partial charge in [-0.2, -0.15) is 0 Å². The van der Waals surface area contributed by atoms with Crippen molar-refractivity contribution >= 4 is 18.5 Å². The zero-order chi connectivity index (χ0) is 12.4. The molecule has 1 unspecified atom stereocenters. The van der Waals surface area contributed by atoms with Crippen LogP contribution >= 0.6 is 12.6 Å². The van der Waals surface area contributed by atoms with E-state index in [-0.39, 0.29) is 5.91 Å². The number of amides is 1. The normalized spacial score (nSPS) is 20.0. The molecule has 1 saturated heterocycles. The van der Waals surface area contributed by atoms with Gasteiger partial charge in [0.2, 0.25) is 0 Å². The van der Waals surface area contributed by atoms with E-state index < -0.39 is 0 Å². The molecule has 0 aromatic heterocycles. The summed E-state index contributed by atoms with van der Waals surface area (Å²) in [5, 5.41) is 0. The summed E-state index contributed by atoms with van der Waals surface area (Å²) in [6.07, 6.45) is 2.24. The van der Waals surface area contributed by atoms with E-state index in [1.54, 1.807) is 0 Å². The van der Waals surface area contributed by atoms with Crippen molar-refractivity contribution < 1.29 is 4.79 Å². The van der Waals surface area contributed by atoms with Crippen molar-refractivity contribution in [3.63, 3.8) is 0 Å². The second kappa shape index (κ2) is 5.13. The van der Waals surface area contributed by atoms with Crippen LogP contribution in [-0.4, -0.2) is 23.4 Å². The summed E-state index contributed by atoms with van der Waals surface area (Å²) >= 11 is 4.36. The van der Waals surface area contributed by atoms with E-state index >= 15 is 0 Å². The minimum Gasteiger partial charge on any atom is -0.335 e. The number of thiol groups is 1. The number of hydrogen-bond donors (Lipinski definition) is 1. The van der Waals surface area contributed by atoms with Crippen LogP contribution in [0.25, 0.3) is 0 Å². The zero-order valence-corrected chi connectivity index (χ0v) is 11.3. The van der Waals surface area contributed by atoms with Crippen LogP contribution in [0, 0.1) is 5.92 Å². The Kier molecular flexibility index (Phi) is 3.77. The number of carbonyl (C=O) groups is 1. The van der Waals surface area contributed by atoms with E-state index in [9.17, 15) is 4.79 Å². The van der Waals surface area contributed by atoms with Crippen LogP contribution in [-0.2, 0) is 0 Å². The molecule has 1 atom stereocenters. The summed E-state index contributed by atoms with van der Waals surface area (Å²) in [5.74, 6) is 0.653. The van der Waals surface area contributed by atoms with Gasteiger partial charge in [-0.05, 0) is 30.9 Å². The monoisotopic (exact) mass is 249 g/mol. The molecule has 0 spiro atoms. The zero-order valence-electron chi connectivity index (χ0n) is 10.4. The third-order valence-electron chi connectivity index (χ3n) is 3.46. The maximum Gasteiger partial charge on any atom is 0.255 e. The Hall–Kier alpha value is -0.960. The average Bonchev–Trinajstić information content (AvgIpc) is 2.77. The van der Waals surface area contributed by atoms with Gasteiger partial charge in [-0.1, -0.05) is 26.0 Å². The highest BCUT2D eigenvalue weighted by atomic mass is 32.1. The lowest BCUT2D eigenvalue weighted by molar-refractivity contribution is 0.0698. The highest BCUT2D eigenvalue weighted by Crippen LogP contribution is 2.27. The largest absolute Gasteiger partial charge is 0.335 e. The van der Waals surface area contributed by atoms with Crippen molar-refractivity contribution in [1.82, 2.24) is 4.90 Å². The standard InChI is InChI=1S/C14H19NOS/c1-10(2)12-7-5-9-15(12)14(16)11-6-3-4-8-13(11)17/h3-4,6,8,10,12,17H,5,7,9H2,1-2H3. The SMILES string of the molecule is CC(C)C1CCCN1C(=O)c1ccccc1S. The summed E-state index contributed by atoms with van der Waals surface area (Å²) in [7, 11) is 0. The molecular formula is C14H19NOS. The lowest BCUT2D eigenvalue weighted by Crippen LogP contribution is -2.38. The van der Waals surface area contributed by atoms with Crippen molar-refractivity contribution in [1.29, 1.82) is 0 Å². The van der Waals surface area contributed by atoms with Gasteiger partial charge in [0.05, 0.1) is 5.56 Å². The lowest BCUT2D eigenvalue weighted by atomic mass is 10.0. The predicted octanol–water partition coefficient (Wildman–Crippen LogP) is 3.24. The summed E-state index contributed by atoms with van der Waals surface area (Å²) in [4.78, 5) is 15.2. The van der Waals surface area contributed by atoms with Crippen LogP contribution in [0.2, 0.25) is 0 Å². The Bertz CT molecular complexity index is 416. The Balaban J connectivity index is 2.23. The van der Waals surface area contributed by atoms with Crippen molar-refractivity contribution in [2.45, 2.75) is 37.6 Å². The van der Waals surface area contributed by atoms with Crippen LogP contribution in [0.15, 0.2) is 29.2 Å². The van der Waals surface area contributed by atoms with E-state index in [2.05, 4.69) is 26.5 Å². The van der Waals surface area contributed by atoms with Crippen LogP contribution in [0.5, 0.6) is 0 Å². The van der Waals surface area contributed by atoms with E-state index in [4.69, 9.17) is 0 Å². The third kappa shape index (κ3) is 2.49. The highest BCUT2D eigenvalue weighted by molar-refractivity contribution is 7.80. The molecular weight excluding hydrogens is 230 g/mol. The predicted molar refractivity (Wildman–Crippen MR) is 72.6 cm³/mol. The Labute approximate surface area is 108 Å². The molecule has 1 amide bonds. The van der Waals surface area contributed by atoms with Gasteiger partial charge >= 0.3 is 0 Å². The molecule has 0 N–H and O–H groups in total. The quantitative estimate of drug-likeness (QED) is 0.798. The summed E-state index contributed by atoms with van der Waals surface area (Å²) in [5.41, 5.74) is 0.725. The number of likely N-dealkylation sites (tertiary alicyclic amines) is 1. The fraction of sp³-hybridized carbons (Fsp3) is 0.500. The lowest BCUT2D eigenvalue weighted by Gasteiger charge is -2.28. The first-order valence-electron chi connectivity index (χ1n) is 6.20. The smallest absolute Gasteiger partial charge is 0.255 e. The minimum atomic E-state index is 0.131. The topological polar surface area (TPSA) is 20.3 Å². The molecule has 0 radical (unpaired) electrons. The molecule has 92 valence electrons. The first kappa shape index (κ1) is 12.5. The molecule has 2 rings (SSSR count). The van der Waals surface area contributed by atoms with Crippen LogP contribution in [0.1, 0.15) is 37.0 Å². The first-order valence-corrected chi connectivity index (χ1v) is 6.65. The maximum absolute atomic E-state index is 12.5. The van der Waals surface area contributed by atoms with Crippen LogP contribution in [0.4, 0.5) is 0 Å². The summed E-state index contributed by atoms with van der Waals surface area (Å²) in [6.45, 7) is 5.25. The molecule has 1 aromatic carbocycles. The Morgan fingerprint density at radius 1 is 1.41 bits per heavy atom. The van der Waals surface area contributed by atoms with Gasteiger partial charge in [-0.15, -0.1) is 12.6 Å². The molecule has 1 heterocycles. The van der Waals surface area contributed by atoms with Crippen molar-refractivity contribution in [3.8, 4) is 0 Å². The van der Waals surface area contributed by atoms with E-state index in [1.165, 1.54) is 0 Å². The van der Waals surface area contributed by atoms with Crippen molar-refractivity contribution in [2.75, 3.05) is 6.54 Å². The molecule has 0 aliphatic carbocycles. The number of carbonyl (C=O) groups excluding carboxylic acids is 1. The van der Waals surface area contributed by atoms with Crippen LogP contribution in [0.3, 0.4) is 0 Å². The van der Waals surface area contributed by atoms with Crippen LogP contribution < -0.4 is 0 Å². The summed E-state index contributed by atoms with van der Waals surface area (Å²) in [6, 6.07) is 7.92. The van der Waals surface area contributed by atoms with Gasteiger partial charge in [0, 0.05) is 17.5 Å². The van der Waals surface area contributed by atoms with Gasteiger partial charge in [0.1, 0.15) is 0 Å². The van der Waals surface area contributed by atoms with Gasteiger partial charge < -0.3 is 4.90 Å². The summed E-state index contributed by atoms with van der Waals surface area (Å²) < 4.78 is 0. The molecule has 17 heavy (non-hydrogen) atoms. The Morgan fingerprint density at radius 3 is 2.76 bits per heavy atom. The minimum absolute atomic E-state index is 0.131. The van der Waals surface area contributed by atoms with E-state index in [0.29, 0.717) is 12.0 Å². The molecule has 1 aliphatic heterocycles. The molecule has 0 saturated carbocycles. The fourth-order valence-corrected chi connectivity index (χ4v) is 2.80. The van der Waals surface area contributed by atoms with E-state index in [1.807, 2.05) is 29.2 Å². The first-order chi connectivity index (χ1) is 8.11. The molecule has 3 heteroatoms. The number of benzene rings is 1.